The van der Waals surface area contributed by atoms with Crippen LogP contribution in [0.15, 0.2) is 60.4 Å². The average molecular weight is 334 g/mol. The van der Waals surface area contributed by atoms with Gasteiger partial charge in [0.15, 0.2) is 11.5 Å². The molecule has 0 aromatic heterocycles. The van der Waals surface area contributed by atoms with Gasteiger partial charge >= 0.3 is 0 Å². The summed E-state index contributed by atoms with van der Waals surface area (Å²) in [6.45, 7) is 0.933. The molecule has 4 rings (SSSR count). The van der Waals surface area contributed by atoms with Crippen molar-refractivity contribution in [2.75, 3.05) is 20.4 Å². The number of likely N-dealkylation sites (tertiary alicyclic amines) is 1. The lowest BCUT2D eigenvalue weighted by molar-refractivity contribution is 0.174. The number of ether oxygens (including phenoxy) is 3. The molecule has 0 aliphatic carbocycles. The van der Waals surface area contributed by atoms with Crippen LogP contribution in [0.25, 0.3) is 0 Å². The molecule has 126 valence electrons. The monoisotopic (exact) mass is 334 g/mol. The topological polar surface area (TPSA) is 54.7 Å². The van der Waals surface area contributed by atoms with Crippen LogP contribution in [-0.4, -0.2) is 25.3 Å². The predicted octanol–water partition coefficient (Wildman–Crippen LogP) is 3.50. The zero-order valence-corrected chi connectivity index (χ0v) is 13.9. The van der Waals surface area contributed by atoms with Gasteiger partial charge in [-0.25, -0.2) is 0 Å². The van der Waals surface area contributed by atoms with E-state index in [0.717, 1.165) is 16.9 Å². The van der Waals surface area contributed by atoms with Crippen LogP contribution in [0, 0.1) is 17.2 Å². The fraction of sp³-hybridized carbons (Fsp3) is 0.250. The third-order valence-corrected chi connectivity index (χ3v) is 4.59. The summed E-state index contributed by atoms with van der Waals surface area (Å²) in [4.78, 5) is 2.18. The first-order chi connectivity index (χ1) is 12.3. The van der Waals surface area contributed by atoms with Gasteiger partial charge < -0.3 is 14.2 Å². The molecule has 2 aliphatic heterocycles. The van der Waals surface area contributed by atoms with Gasteiger partial charge in [0.2, 0.25) is 6.79 Å². The Hall–Kier alpha value is -2.97. The second-order valence-corrected chi connectivity index (χ2v) is 6.20. The van der Waals surface area contributed by atoms with E-state index in [0.29, 0.717) is 18.0 Å². The second kappa shape index (κ2) is 6.50. The molecule has 0 spiro atoms. The van der Waals surface area contributed by atoms with Gasteiger partial charge in [0, 0.05) is 12.6 Å². The number of benzene rings is 2. The maximum Gasteiger partial charge on any atom is 0.231 e. The molecule has 2 aromatic carbocycles. The van der Waals surface area contributed by atoms with Crippen molar-refractivity contribution in [2.45, 2.75) is 6.04 Å². The van der Waals surface area contributed by atoms with Crippen LogP contribution in [0.2, 0.25) is 0 Å². The number of fused-ring (bicyclic) bond motifs is 1. The Balaban J connectivity index is 1.56. The Morgan fingerprint density at radius 3 is 2.76 bits per heavy atom. The normalized spacial score (nSPS) is 23.6. The van der Waals surface area contributed by atoms with Gasteiger partial charge in [0.05, 0.1) is 24.3 Å². The Morgan fingerprint density at radius 1 is 1.16 bits per heavy atom. The molecule has 0 radical (unpaired) electrons. The van der Waals surface area contributed by atoms with Gasteiger partial charge in [-0.1, -0.05) is 30.3 Å². The summed E-state index contributed by atoms with van der Waals surface area (Å²) in [7, 11) is 2.03. The van der Waals surface area contributed by atoms with Crippen LogP contribution in [-0.2, 0) is 0 Å². The first-order valence-corrected chi connectivity index (χ1v) is 8.16. The SMILES string of the molecule is CN1C/C(=C\Oc2ccc3c(c2)OCO3)[C@H](C#N)[C@H]1c1ccccc1. The third kappa shape index (κ3) is 2.92. The Kier molecular flexibility index (Phi) is 4.04. The van der Waals surface area contributed by atoms with E-state index in [-0.39, 0.29) is 18.8 Å². The number of nitrogens with zero attached hydrogens (tertiary/aromatic N) is 2. The summed E-state index contributed by atoms with van der Waals surface area (Å²) in [6, 6.07) is 18.0. The summed E-state index contributed by atoms with van der Waals surface area (Å²) in [6.07, 6.45) is 1.70. The van der Waals surface area contributed by atoms with E-state index >= 15 is 0 Å². The van der Waals surface area contributed by atoms with Crippen molar-refractivity contribution >= 4 is 0 Å². The third-order valence-electron chi connectivity index (χ3n) is 4.59. The van der Waals surface area contributed by atoms with Gasteiger partial charge in [0.1, 0.15) is 5.75 Å². The first kappa shape index (κ1) is 15.6. The van der Waals surface area contributed by atoms with Crippen LogP contribution in [0.3, 0.4) is 0 Å². The molecule has 2 aromatic rings. The van der Waals surface area contributed by atoms with Crippen LogP contribution in [0.5, 0.6) is 17.2 Å². The number of likely N-dealkylation sites (N-methyl/N-ethyl adjacent to an activating group) is 1. The molecule has 25 heavy (non-hydrogen) atoms. The molecule has 0 unspecified atom stereocenters. The van der Waals surface area contributed by atoms with Crippen molar-refractivity contribution in [1.29, 1.82) is 5.26 Å². The molecule has 0 amide bonds. The predicted molar refractivity (Wildman–Crippen MR) is 92.2 cm³/mol. The zero-order chi connectivity index (χ0) is 17.2. The summed E-state index contributed by atoms with van der Waals surface area (Å²) >= 11 is 0. The molecular weight excluding hydrogens is 316 g/mol. The van der Waals surface area contributed by atoms with Crippen LogP contribution < -0.4 is 14.2 Å². The summed E-state index contributed by atoms with van der Waals surface area (Å²) in [5.41, 5.74) is 2.11. The van der Waals surface area contributed by atoms with Crippen LogP contribution >= 0.6 is 0 Å². The number of nitriles is 1. The number of hydrogen-bond donors (Lipinski definition) is 0. The highest BCUT2D eigenvalue weighted by Crippen LogP contribution is 2.40. The highest BCUT2D eigenvalue weighted by Gasteiger charge is 2.37. The molecule has 2 heterocycles. The van der Waals surface area contributed by atoms with E-state index in [1.807, 2.05) is 37.4 Å². The van der Waals surface area contributed by atoms with E-state index in [2.05, 4.69) is 23.1 Å². The van der Waals surface area contributed by atoms with Gasteiger partial charge in [-0.05, 0) is 30.3 Å². The lowest BCUT2D eigenvalue weighted by atomic mass is 9.92. The Morgan fingerprint density at radius 2 is 1.96 bits per heavy atom. The minimum absolute atomic E-state index is 0.0396. The van der Waals surface area contributed by atoms with E-state index in [4.69, 9.17) is 14.2 Å². The fourth-order valence-corrected chi connectivity index (χ4v) is 3.40. The molecule has 0 bridgehead atoms. The van der Waals surface area contributed by atoms with Crippen LogP contribution in [0.1, 0.15) is 11.6 Å². The molecule has 5 heteroatoms. The average Bonchev–Trinajstić information content (AvgIpc) is 3.23. The molecule has 0 saturated carbocycles. The number of hydrogen-bond acceptors (Lipinski definition) is 5. The minimum Gasteiger partial charge on any atom is -0.465 e. The van der Waals surface area contributed by atoms with Crippen LogP contribution in [0.4, 0.5) is 0 Å². The lowest BCUT2D eigenvalue weighted by Gasteiger charge is -2.21. The molecular formula is C20H18N2O3. The maximum absolute atomic E-state index is 9.70. The highest BCUT2D eigenvalue weighted by molar-refractivity contribution is 5.47. The van der Waals surface area contributed by atoms with Crippen molar-refractivity contribution in [2.24, 2.45) is 5.92 Å². The zero-order valence-electron chi connectivity index (χ0n) is 13.9. The van der Waals surface area contributed by atoms with Crippen molar-refractivity contribution in [3.8, 4) is 23.3 Å². The van der Waals surface area contributed by atoms with Gasteiger partial charge in [-0.2, -0.15) is 5.26 Å². The summed E-state index contributed by atoms with van der Waals surface area (Å²) in [5.74, 6) is 1.83. The van der Waals surface area contributed by atoms with Crippen molar-refractivity contribution < 1.29 is 14.2 Å². The highest BCUT2D eigenvalue weighted by atomic mass is 16.7. The van der Waals surface area contributed by atoms with E-state index in [1.165, 1.54) is 0 Å². The quantitative estimate of drug-likeness (QED) is 0.804. The Labute approximate surface area is 146 Å². The molecule has 5 nitrogen and oxygen atoms in total. The molecule has 1 fully saturated rings. The van der Waals surface area contributed by atoms with E-state index in [9.17, 15) is 5.26 Å². The van der Waals surface area contributed by atoms with Gasteiger partial charge in [-0.3, -0.25) is 4.90 Å². The largest absolute Gasteiger partial charge is 0.465 e. The van der Waals surface area contributed by atoms with Gasteiger partial charge in [-0.15, -0.1) is 0 Å². The standard InChI is InChI=1S/C20H18N2O3/c1-22-11-15(17(10-21)20(22)14-5-3-2-4-6-14)12-23-16-7-8-18-19(9-16)25-13-24-18/h2-9,12,17,20H,11,13H2,1H3/b15-12+/t17-,20+/m0/s1. The number of rotatable bonds is 3. The molecule has 0 N–H and O–H groups in total. The first-order valence-electron chi connectivity index (χ1n) is 8.16. The minimum atomic E-state index is -0.235. The summed E-state index contributed by atoms with van der Waals surface area (Å²) in [5, 5.41) is 9.70. The van der Waals surface area contributed by atoms with Crippen molar-refractivity contribution in [3.63, 3.8) is 0 Å². The molecule has 2 atom stereocenters. The van der Waals surface area contributed by atoms with Crippen molar-refractivity contribution in [3.05, 3.63) is 65.9 Å². The van der Waals surface area contributed by atoms with E-state index < -0.39 is 0 Å². The summed E-state index contributed by atoms with van der Waals surface area (Å²) < 4.78 is 16.5. The Bertz CT molecular complexity index is 842. The smallest absolute Gasteiger partial charge is 0.231 e. The maximum atomic E-state index is 9.70. The second-order valence-electron chi connectivity index (χ2n) is 6.20. The molecule has 1 saturated heterocycles. The van der Waals surface area contributed by atoms with Gasteiger partial charge in [0.25, 0.3) is 0 Å². The molecule has 2 aliphatic rings. The lowest BCUT2D eigenvalue weighted by Crippen LogP contribution is -2.20. The van der Waals surface area contributed by atoms with E-state index in [1.54, 1.807) is 12.3 Å². The fourth-order valence-electron chi connectivity index (χ4n) is 3.40. The van der Waals surface area contributed by atoms with Crippen molar-refractivity contribution in [1.82, 2.24) is 4.90 Å².